The van der Waals surface area contributed by atoms with E-state index in [0.29, 0.717) is 22.4 Å². The van der Waals surface area contributed by atoms with E-state index in [0.717, 1.165) is 30.1 Å². The maximum atomic E-state index is 12.5. The fourth-order valence-electron chi connectivity index (χ4n) is 3.15. The van der Waals surface area contributed by atoms with Crippen molar-refractivity contribution in [2.24, 2.45) is 20.0 Å². The molecular weight excluding hydrogens is 362 g/mol. The van der Waals surface area contributed by atoms with Crippen LogP contribution >= 0.6 is 15.9 Å². The van der Waals surface area contributed by atoms with Gasteiger partial charge in [0, 0.05) is 27.2 Å². The van der Waals surface area contributed by atoms with Gasteiger partial charge in [0.15, 0.2) is 15.9 Å². The number of aromatic nitrogens is 4. The molecule has 23 heavy (non-hydrogen) atoms. The van der Waals surface area contributed by atoms with Gasteiger partial charge in [-0.05, 0) is 47.8 Å². The van der Waals surface area contributed by atoms with Crippen molar-refractivity contribution in [2.75, 3.05) is 19.6 Å². The van der Waals surface area contributed by atoms with Crippen LogP contribution in [0.5, 0.6) is 0 Å². The Bertz CT molecular complexity index is 842. The average Bonchev–Trinajstić information content (AvgIpc) is 2.87. The summed E-state index contributed by atoms with van der Waals surface area (Å²) in [5, 5.41) is 0. The molecule has 8 heteroatoms. The summed E-state index contributed by atoms with van der Waals surface area (Å²) < 4.78 is 5.02. The maximum Gasteiger partial charge on any atom is 0.332 e. The molecule has 1 saturated heterocycles. The van der Waals surface area contributed by atoms with Crippen molar-refractivity contribution in [1.29, 1.82) is 0 Å². The monoisotopic (exact) mass is 383 g/mol. The molecule has 0 spiro atoms. The van der Waals surface area contributed by atoms with Gasteiger partial charge in [-0.2, -0.15) is 0 Å². The quantitative estimate of drug-likeness (QED) is 0.739. The molecule has 0 N–H and O–H groups in total. The minimum absolute atomic E-state index is 0.298. The SMILES string of the molecule is CC1CCN(CCn2c(Br)nc3c2c(=O)n(C)c(=O)n3C)CC1. The van der Waals surface area contributed by atoms with Crippen molar-refractivity contribution >= 4 is 27.1 Å². The summed E-state index contributed by atoms with van der Waals surface area (Å²) in [4.78, 5) is 31.3. The van der Waals surface area contributed by atoms with Crippen LogP contribution in [0.3, 0.4) is 0 Å². The first-order chi connectivity index (χ1) is 10.9. The first kappa shape index (κ1) is 16.4. The van der Waals surface area contributed by atoms with Crippen molar-refractivity contribution in [3.63, 3.8) is 0 Å². The number of piperidine rings is 1. The van der Waals surface area contributed by atoms with E-state index in [-0.39, 0.29) is 11.2 Å². The highest BCUT2D eigenvalue weighted by atomic mass is 79.9. The zero-order valence-corrected chi connectivity index (χ0v) is 15.3. The summed E-state index contributed by atoms with van der Waals surface area (Å²) in [6, 6.07) is 0. The molecule has 1 aliphatic heterocycles. The molecule has 2 aromatic heterocycles. The Morgan fingerprint density at radius 2 is 1.78 bits per heavy atom. The summed E-state index contributed by atoms with van der Waals surface area (Å²) in [6.07, 6.45) is 2.45. The van der Waals surface area contributed by atoms with E-state index < -0.39 is 0 Å². The molecule has 0 radical (unpaired) electrons. The standard InChI is InChI=1S/C15H22BrN5O2/c1-10-4-6-20(7-5-10)8-9-21-11-12(17-14(21)16)18(2)15(23)19(3)13(11)22/h10H,4-9H2,1-3H3. The number of rotatable bonds is 3. The van der Waals surface area contributed by atoms with Crippen molar-refractivity contribution in [1.82, 2.24) is 23.6 Å². The van der Waals surface area contributed by atoms with Crippen LogP contribution in [0.4, 0.5) is 0 Å². The molecule has 0 atom stereocenters. The van der Waals surface area contributed by atoms with E-state index >= 15 is 0 Å². The maximum absolute atomic E-state index is 12.5. The van der Waals surface area contributed by atoms with Gasteiger partial charge in [0.05, 0.1) is 0 Å². The summed E-state index contributed by atoms with van der Waals surface area (Å²) in [7, 11) is 3.14. The molecule has 1 fully saturated rings. The van der Waals surface area contributed by atoms with Crippen LogP contribution in [0.1, 0.15) is 19.8 Å². The third-order valence-corrected chi connectivity index (χ3v) is 5.42. The fourth-order valence-corrected chi connectivity index (χ4v) is 3.67. The smallest absolute Gasteiger partial charge is 0.311 e. The molecule has 0 aliphatic carbocycles. The van der Waals surface area contributed by atoms with E-state index in [1.165, 1.54) is 24.5 Å². The van der Waals surface area contributed by atoms with Gasteiger partial charge in [-0.3, -0.25) is 13.9 Å². The normalized spacial score (nSPS) is 17.2. The van der Waals surface area contributed by atoms with Gasteiger partial charge in [0.2, 0.25) is 0 Å². The molecule has 3 rings (SSSR count). The molecule has 1 aliphatic rings. The van der Waals surface area contributed by atoms with Gasteiger partial charge < -0.3 is 9.47 Å². The first-order valence-corrected chi connectivity index (χ1v) is 8.73. The Labute approximate surface area is 142 Å². The van der Waals surface area contributed by atoms with Gasteiger partial charge in [0.1, 0.15) is 0 Å². The Morgan fingerprint density at radius 1 is 1.13 bits per heavy atom. The largest absolute Gasteiger partial charge is 0.332 e. The Balaban J connectivity index is 1.94. The van der Waals surface area contributed by atoms with Crippen LogP contribution in [-0.4, -0.2) is 43.2 Å². The highest BCUT2D eigenvalue weighted by Gasteiger charge is 2.20. The van der Waals surface area contributed by atoms with Crippen LogP contribution in [0, 0.1) is 5.92 Å². The van der Waals surface area contributed by atoms with Crippen molar-refractivity contribution in [3.8, 4) is 0 Å². The number of hydrogen-bond acceptors (Lipinski definition) is 4. The molecule has 0 amide bonds. The van der Waals surface area contributed by atoms with Crippen molar-refractivity contribution < 1.29 is 0 Å². The first-order valence-electron chi connectivity index (χ1n) is 7.94. The second kappa shape index (κ2) is 6.24. The van der Waals surface area contributed by atoms with Gasteiger partial charge in [-0.15, -0.1) is 0 Å². The van der Waals surface area contributed by atoms with Crippen LogP contribution in [0.2, 0.25) is 0 Å². The van der Waals surface area contributed by atoms with E-state index in [1.54, 1.807) is 7.05 Å². The lowest BCUT2D eigenvalue weighted by molar-refractivity contribution is 0.187. The number of hydrogen-bond donors (Lipinski definition) is 0. The lowest BCUT2D eigenvalue weighted by Crippen LogP contribution is -2.38. The molecule has 3 heterocycles. The zero-order chi connectivity index (χ0) is 16.7. The zero-order valence-electron chi connectivity index (χ0n) is 13.8. The predicted molar refractivity (Wildman–Crippen MR) is 92.8 cm³/mol. The van der Waals surface area contributed by atoms with Crippen molar-refractivity contribution in [2.45, 2.75) is 26.3 Å². The predicted octanol–water partition coefficient (Wildman–Crippen LogP) is 0.928. The number of aryl methyl sites for hydroxylation is 1. The third-order valence-electron chi connectivity index (χ3n) is 4.82. The number of likely N-dealkylation sites (tertiary alicyclic amines) is 1. The number of fused-ring (bicyclic) bond motifs is 1. The molecule has 0 aromatic carbocycles. The highest BCUT2D eigenvalue weighted by Crippen LogP contribution is 2.18. The lowest BCUT2D eigenvalue weighted by Gasteiger charge is -2.30. The van der Waals surface area contributed by atoms with E-state index in [9.17, 15) is 9.59 Å². The molecule has 2 aromatic rings. The van der Waals surface area contributed by atoms with Crippen LogP contribution < -0.4 is 11.2 Å². The van der Waals surface area contributed by atoms with E-state index in [1.807, 2.05) is 4.57 Å². The summed E-state index contributed by atoms with van der Waals surface area (Å²) in [6.45, 7) is 6.05. The Kier molecular flexibility index (Phi) is 4.46. The minimum atomic E-state index is -0.357. The Morgan fingerprint density at radius 3 is 2.43 bits per heavy atom. The third kappa shape index (κ3) is 2.89. The van der Waals surface area contributed by atoms with Crippen LogP contribution in [0.15, 0.2) is 14.3 Å². The summed E-state index contributed by atoms with van der Waals surface area (Å²) in [5.74, 6) is 0.800. The molecule has 126 valence electrons. The molecule has 0 bridgehead atoms. The van der Waals surface area contributed by atoms with E-state index in [4.69, 9.17) is 0 Å². The second-order valence-electron chi connectivity index (χ2n) is 6.43. The molecule has 0 saturated carbocycles. The molecular formula is C15H22BrN5O2. The van der Waals surface area contributed by atoms with E-state index in [2.05, 4.69) is 32.7 Å². The van der Waals surface area contributed by atoms with Crippen molar-refractivity contribution in [3.05, 3.63) is 25.6 Å². The molecule has 7 nitrogen and oxygen atoms in total. The van der Waals surface area contributed by atoms with Gasteiger partial charge in [0.25, 0.3) is 5.56 Å². The fraction of sp³-hybridized carbons (Fsp3) is 0.667. The highest BCUT2D eigenvalue weighted by molar-refractivity contribution is 9.10. The van der Waals surface area contributed by atoms with Gasteiger partial charge >= 0.3 is 5.69 Å². The molecule has 0 unspecified atom stereocenters. The summed E-state index contributed by atoms with van der Waals surface area (Å²) in [5.41, 5.74) is 0.252. The lowest BCUT2D eigenvalue weighted by atomic mass is 9.99. The number of halogens is 1. The average molecular weight is 384 g/mol. The van der Waals surface area contributed by atoms with Crippen LogP contribution in [-0.2, 0) is 20.6 Å². The minimum Gasteiger partial charge on any atom is -0.311 e. The van der Waals surface area contributed by atoms with Crippen LogP contribution in [0.25, 0.3) is 11.2 Å². The second-order valence-corrected chi connectivity index (χ2v) is 7.14. The van der Waals surface area contributed by atoms with Gasteiger partial charge in [-0.25, -0.2) is 9.78 Å². The topological polar surface area (TPSA) is 65.1 Å². The number of imidazole rings is 1. The Hall–Kier alpha value is -1.41. The number of nitrogens with zero attached hydrogens (tertiary/aromatic N) is 5. The van der Waals surface area contributed by atoms with Gasteiger partial charge in [-0.1, -0.05) is 6.92 Å². The summed E-state index contributed by atoms with van der Waals surface area (Å²) >= 11 is 3.43.